The summed E-state index contributed by atoms with van der Waals surface area (Å²) >= 11 is 0. The molecule has 2 nitrogen and oxygen atoms in total. The topological polar surface area (TPSA) is 35.8 Å². The largest absolute Gasteiger partial charge is 0.298 e. The fourth-order valence-electron chi connectivity index (χ4n) is 0.684. The van der Waals surface area contributed by atoms with E-state index >= 15 is 0 Å². The Hall–Kier alpha value is -0.810. The minimum atomic E-state index is -0.183. The van der Waals surface area contributed by atoms with Crippen molar-refractivity contribution < 1.29 is 0 Å². The number of nitrogens with zero attached hydrogens (tertiary/aromatic N) is 1. The standard InChI is InChI=1S/C9H16N2/c1-7(2)6-11-9(5-10)8(3)4/h7,9,11H,3,6H2,1-2,4H3. The summed E-state index contributed by atoms with van der Waals surface area (Å²) in [5.41, 5.74) is 0.883. The highest BCUT2D eigenvalue weighted by Gasteiger charge is 2.06. The molecule has 62 valence electrons. The third kappa shape index (κ3) is 4.58. The Morgan fingerprint density at radius 1 is 1.64 bits per heavy atom. The second-order valence-electron chi connectivity index (χ2n) is 3.21. The van der Waals surface area contributed by atoms with Crippen molar-refractivity contribution in [3.05, 3.63) is 12.2 Å². The average Bonchev–Trinajstić information content (AvgIpc) is 1.87. The van der Waals surface area contributed by atoms with Crippen LogP contribution >= 0.6 is 0 Å². The van der Waals surface area contributed by atoms with Crippen LogP contribution in [-0.2, 0) is 0 Å². The number of hydrogen-bond acceptors (Lipinski definition) is 2. The van der Waals surface area contributed by atoms with Crippen LogP contribution in [0.1, 0.15) is 20.8 Å². The first-order chi connectivity index (χ1) is 5.07. The monoisotopic (exact) mass is 152 g/mol. The molecule has 0 aliphatic heterocycles. The van der Waals surface area contributed by atoms with Crippen LogP contribution in [0.15, 0.2) is 12.2 Å². The minimum absolute atomic E-state index is 0.183. The predicted molar refractivity (Wildman–Crippen MR) is 47.1 cm³/mol. The van der Waals surface area contributed by atoms with Gasteiger partial charge in [-0.15, -0.1) is 0 Å². The van der Waals surface area contributed by atoms with Crippen molar-refractivity contribution in [2.45, 2.75) is 26.8 Å². The van der Waals surface area contributed by atoms with Crippen molar-refractivity contribution in [3.8, 4) is 6.07 Å². The van der Waals surface area contributed by atoms with Crippen molar-refractivity contribution in [2.75, 3.05) is 6.54 Å². The molecule has 0 aromatic rings. The zero-order valence-corrected chi connectivity index (χ0v) is 7.52. The van der Waals surface area contributed by atoms with E-state index < -0.39 is 0 Å². The van der Waals surface area contributed by atoms with Gasteiger partial charge in [0.15, 0.2) is 0 Å². The number of rotatable bonds is 4. The lowest BCUT2D eigenvalue weighted by atomic mass is 10.1. The van der Waals surface area contributed by atoms with E-state index in [1.165, 1.54) is 0 Å². The van der Waals surface area contributed by atoms with Crippen molar-refractivity contribution in [1.29, 1.82) is 5.26 Å². The van der Waals surface area contributed by atoms with Gasteiger partial charge in [0.25, 0.3) is 0 Å². The molecule has 0 aromatic carbocycles. The highest BCUT2D eigenvalue weighted by Crippen LogP contribution is 1.97. The van der Waals surface area contributed by atoms with E-state index in [4.69, 9.17) is 5.26 Å². The van der Waals surface area contributed by atoms with Gasteiger partial charge in [-0.3, -0.25) is 5.32 Å². The fraction of sp³-hybridized carbons (Fsp3) is 0.667. The molecule has 0 aromatic heterocycles. The SMILES string of the molecule is C=C(C)C(C#N)NCC(C)C. The summed E-state index contributed by atoms with van der Waals surface area (Å²) in [4.78, 5) is 0. The Morgan fingerprint density at radius 2 is 2.18 bits per heavy atom. The normalized spacial score (nSPS) is 12.6. The van der Waals surface area contributed by atoms with Gasteiger partial charge in [-0.1, -0.05) is 20.4 Å². The summed E-state index contributed by atoms with van der Waals surface area (Å²) in [6, 6.07) is 1.96. The van der Waals surface area contributed by atoms with E-state index in [0.717, 1.165) is 12.1 Å². The lowest BCUT2D eigenvalue weighted by Gasteiger charge is -2.12. The number of nitriles is 1. The first-order valence-corrected chi connectivity index (χ1v) is 3.86. The highest BCUT2D eigenvalue weighted by molar-refractivity contribution is 5.12. The molecule has 0 amide bonds. The molecule has 0 bridgehead atoms. The summed E-state index contributed by atoms with van der Waals surface area (Å²) in [5, 5.41) is 11.7. The fourth-order valence-corrected chi connectivity index (χ4v) is 0.684. The van der Waals surface area contributed by atoms with Gasteiger partial charge in [0.1, 0.15) is 6.04 Å². The quantitative estimate of drug-likeness (QED) is 0.622. The van der Waals surface area contributed by atoms with Crippen LogP contribution < -0.4 is 5.32 Å². The van der Waals surface area contributed by atoms with Crippen LogP contribution in [0.25, 0.3) is 0 Å². The molecular formula is C9H16N2. The summed E-state index contributed by atoms with van der Waals surface area (Å²) in [5.74, 6) is 0.574. The van der Waals surface area contributed by atoms with E-state index in [2.05, 4.69) is 31.8 Å². The maximum atomic E-state index is 8.64. The minimum Gasteiger partial charge on any atom is -0.298 e. The van der Waals surface area contributed by atoms with Gasteiger partial charge in [-0.25, -0.2) is 0 Å². The summed E-state index contributed by atoms with van der Waals surface area (Å²) < 4.78 is 0. The third-order valence-corrected chi connectivity index (χ3v) is 1.35. The summed E-state index contributed by atoms with van der Waals surface area (Å²) in [7, 11) is 0. The van der Waals surface area contributed by atoms with Gasteiger partial charge in [0.05, 0.1) is 6.07 Å². The molecule has 11 heavy (non-hydrogen) atoms. The highest BCUT2D eigenvalue weighted by atomic mass is 14.9. The first kappa shape index (κ1) is 10.2. The molecular weight excluding hydrogens is 136 g/mol. The van der Waals surface area contributed by atoms with Crippen LogP contribution in [0.4, 0.5) is 0 Å². The molecule has 0 rings (SSSR count). The van der Waals surface area contributed by atoms with Crippen molar-refractivity contribution >= 4 is 0 Å². The van der Waals surface area contributed by atoms with E-state index in [-0.39, 0.29) is 6.04 Å². The molecule has 0 aliphatic carbocycles. The number of nitrogens with one attached hydrogen (secondary N) is 1. The molecule has 0 fully saturated rings. The van der Waals surface area contributed by atoms with E-state index in [0.29, 0.717) is 5.92 Å². The molecule has 0 saturated carbocycles. The second kappa shape index (κ2) is 4.92. The van der Waals surface area contributed by atoms with Crippen molar-refractivity contribution in [2.24, 2.45) is 5.92 Å². The van der Waals surface area contributed by atoms with E-state index in [1.54, 1.807) is 0 Å². The van der Waals surface area contributed by atoms with Crippen LogP contribution in [0, 0.1) is 17.2 Å². The Bertz CT molecular complexity index is 165. The molecule has 2 heteroatoms. The second-order valence-corrected chi connectivity index (χ2v) is 3.21. The smallest absolute Gasteiger partial charge is 0.116 e. The predicted octanol–water partition coefficient (Wildman–Crippen LogP) is 1.70. The zero-order valence-electron chi connectivity index (χ0n) is 7.52. The van der Waals surface area contributed by atoms with Gasteiger partial charge in [-0.2, -0.15) is 5.26 Å². The van der Waals surface area contributed by atoms with Crippen LogP contribution in [0.3, 0.4) is 0 Å². The summed E-state index contributed by atoms with van der Waals surface area (Å²) in [6.45, 7) is 10.7. The third-order valence-electron chi connectivity index (χ3n) is 1.35. The molecule has 0 saturated heterocycles. The van der Waals surface area contributed by atoms with Crippen LogP contribution in [0.5, 0.6) is 0 Å². The Labute approximate surface area is 68.9 Å². The average molecular weight is 152 g/mol. The molecule has 0 spiro atoms. The number of hydrogen-bond donors (Lipinski definition) is 1. The van der Waals surface area contributed by atoms with Gasteiger partial charge >= 0.3 is 0 Å². The first-order valence-electron chi connectivity index (χ1n) is 3.86. The van der Waals surface area contributed by atoms with Gasteiger partial charge < -0.3 is 0 Å². The summed E-state index contributed by atoms with van der Waals surface area (Å²) in [6.07, 6.45) is 0. The molecule has 0 heterocycles. The lowest BCUT2D eigenvalue weighted by Crippen LogP contribution is -2.31. The van der Waals surface area contributed by atoms with Crippen molar-refractivity contribution in [3.63, 3.8) is 0 Å². The van der Waals surface area contributed by atoms with E-state index in [9.17, 15) is 0 Å². The molecule has 1 atom stereocenters. The molecule has 1 N–H and O–H groups in total. The Morgan fingerprint density at radius 3 is 2.45 bits per heavy atom. The van der Waals surface area contributed by atoms with Gasteiger partial charge in [-0.05, 0) is 25.0 Å². The van der Waals surface area contributed by atoms with Gasteiger partial charge in [0, 0.05) is 0 Å². The van der Waals surface area contributed by atoms with Gasteiger partial charge in [0.2, 0.25) is 0 Å². The van der Waals surface area contributed by atoms with Crippen LogP contribution in [0.2, 0.25) is 0 Å². The molecule has 1 unspecified atom stereocenters. The lowest BCUT2D eigenvalue weighted by molar-refractivity contribution is 0.541. The van der Waals surface area contributed by atoms with E-state index in [1.807, 2.05) is 6.92 Å². The van der Waals surface area contributed by atoms with Crippen molar-refractivity contribution in [1.82, 2.24) is 5.32 Å². The molecule has 0 radical (unpaired) electrons. The Kier molecular flexibility index (Phi) is 4.56. The molecule has 0 aliphatic rings. The Balaban J connectivity index is 3.73. The maximum Gasteiger partial charge on any atom is 0.116 e. The zero-order chi connectivity index (χ0) is 8.85. The maximum absolute atomic E-state index is 8.64. The van der Waals surface area contributed by atoms with Crippen LogP contribution in [-0.4, -0.2) is 12.6 Å².